The van der Waals surface area contributed by atoms with Crippen LogP contribution in [-0.2, 0) is 4.79 Å². The second-order valence-electron chi connectivity index (χ2n) is 7.25. The first-order valence-corrected chi connectivity index (χ1v) is 11.4. The summed E-state index contributed by atoms with van der Waals surface area (Å²) in [6, 6.07) is 14.7. The second-order valence-corrected chi connectivity index (χ2v) is 8.93. The third-order valence-corrected chi connectivity index (χ3v) is 6.50. The fourth-order valence-corrected chi connectivity index (χ4v) is 4.88. The number of anilines is 1. The number of carbonyl (C=O) groups is 1. The standard InChI is InChI=1S/C23H22N4O3S2/c1-15(16-8-3-2-4-9-16)27-22(30)18(32-23(27)31)14-17-20(24-11-7-13-28)25-19-10-5-6-12-26(19)21(17)29/h2-6,8-10,12,14-15,24,28H,7,11,13H2,1H3/b18-14-/t15-/m0/s1. The van der Waals surface area contributed by atoms with Crippen LogP contribution < -0.4 is 10.9 Å². The third-order valence-electron chi connectivity index (χ3n) is 5.16. The van der Waals surface area contributed by atoms with Crippen molar-refractivity contribution < 1.29 is 9.90 Å². The zero-order valence-electron chi connectivity index (χ0n) is 17.4. The van der Waals surface area contributed by atoms with E-state index in [1.807, 2.05) is 37.3 Å². The summed E-state index contributed by atoms with van der Waals surface area (Å²) in [5.74, 6) is 0.131. The highest BCUT2D eigenvalue weighted by atomic mass is 32.2. The average Bonchev–Trinajstić information content (AvgIpc) is 3.09. The third kappa shape index (κ3) is 4.32. The van der Waals surface area contributed by atoms with E-state index in [2.05, 4.69) is 10.3 Å². The molecule has 1 fully saturated rings. The molecule has 0 bridgehead atoms. The molecule has 1 amide bonds. The van der Waals surface area contributed by atoms with E-state index in [1.54, 1.807) is 35.4 Å². The summed E-state index contributed by atoms with van der Waals surface area (Å²) in [5.41, 5.74) is 1.46. The predicted octanol–water partition coefficient (Wildman–Crippen LogP) is 3.45. The van der Waals surface area contributed by atoms with E-state index in [-0.39, 0.29) is 29.7 Å². The first kappa shape index (κ1) is 22.2. The molecule has 2 aromatic heterocycles. The van der Waals surface area contributed by atoms with Crippen molar-refractivity contribution in [3.05, 3.63) is 81.1 Å². The fraction of sp³-hybridized carbons (Fsp3) is 0.217. The highest BCUT2D eigenvalue weighted by molar-refractivity contribution is 8.26. The smallest absolute Gasteiger partial charge is 0.267 e. The van der Waals surface area contributed by atoms with Crippen LogP contribution in [0.5, 0.6) is 0 Å². The molecular weight excluding hydrogens is 444 g/mol. The molecule has 9 heteroatoms. The maximum Gasteiger partial charge on any atom is 0.267 e. The van der Waals surface area contributed by atoms with Gasteiger partial charge in [0, 0.05) is 19.3 Å². The van der Waals surface area contributed by atoms with Crippen LogP contribution >= 0.6 is 24.0 Å². The molecule has 0 spiro atoms. The Hall–Kier alpha value is -3.01. The Morgan fingerprint density at radius 3 is 2.69 bits per heavy atom. The Morgan fingerprint density at radius 1 is 1.19 bits per heavy atom. The molecule has 1 aliphatic heterocycles. The van der Waals surface area contributed by atoms with Gasteiger partial charge in [0.25, 0.3) is 11.5 Å². The predicted molar refractivity (Wildman–Crippen MR) is 132 cm³/mol. The molecule has 32 heavy (non-hydrogen) atoms. The number of benzene rings is 1. The number of hydrogen-bond donors (Lipinski definition) is 2. The minimum atomic E-state index is -0.288. The van der Waals surface area contributed by atoms with Crippen LogP contribution in [0.15, 0.2) is 64.4 Å². The lowest BCUT2D eigenvalue weighted by Gasteiger charge is -2.23. The molecule has 0 saturated carbocycles. The highest BCUT2D eigenvalue weighted by Crippen LogP contribution is 2.38. The molecule has 7 nitrogen and oxygen atoms in total. The number of thioether (sulfide) groups is 1. The Balaban J connectivity index is 1.74. The molecule has 3 heterocycles. The van der Waals surface area contributed by atoms with Crippen molar-refractivity contribution in [3.8, 4) is 0 Å². The lowest BCUT2D eigenvalue weighted by atomic mass is 10.1. The maximum absolute atomic E-state index is 13.2. The van der Waals surface area contributed by atoms with Crippen molar-refractivity contribution in [3.63, 3.8) is 0 Å². The van der Waals surface area contributed by atoms with Crippen molar-refractivity contribution in [1.82, 2.24) is 14.3 Å². The molecule has 1 saturated heterocycles. The highest BCUT2D eigenvalue weighted by Gasteiger charge is 2.36. The Morgan fingerprint density at radius 2 is 1.94 bits per heavy atom. The molecular formula is C23H22N4O3S2. The number of rotatable bonds is 7. The van der Waals surface area contributed by atoms with Crippen LogP contribution in [0, 0.1) is 0 Å². The van der Waals surface area contributed by atoms with Crippen LogP contribution in [0.3, 0.4) is 0 Å². The van der Waals surface area contributed by atoms with E-state index in [0.717, 1.165) is 5.56 Å². The number of nitrogens with zero attached hydrogens (tertiary/aromatic N) is 3. The zero-order valence-corrected chi connectivity index (χ0v) is 19.0. The Labute approximate surface area is 194 Å². The van der Waals surface area contributed by atoms with Gasteiger partial charge in [0.05, 0.1) is 16.5 Å². The number of nitrogens with one attached hydrogen (secondary N) is 1. The largest absolute Gasteiger partial charge is 0.396 e. The van der Waals surface area contributed by atoms with Crippen molar-refractivity contribution in [1.29, 1.82) is 0 Å². The monoisotopic (exact) mass is 466 g/mol. The van der Waals surface area contributed by atoms with E-state index >= 15 is 0 Å². The summed E-state index contributed by atoms with van der Waals surface area (Å²) in [6.07, 6.45) is 3.71. The van der Waals surface area contributed by atoms with Gasteiger partial charge in [-0.1, -0.05) is 60.4 Å². The SMILES string of the molecule is C[C@@H](c1ccccc1)N1C(=O)/C(=C/c2c(NCCCO)nc3ccccn3c2=O)SC1=S. The first-order chi connectivity index (χ1) is 15.5. The van der Waals surface area contributed by atoms with Crippen LogP contribution in [-0.4, -0.2) is 42.8 Å². The number of carbonyl (C=O) groups excluding carboxylic acids is 1. The van der Waals surface area contributed by atoms with E-state index in [1.165, 1.54) is 16.2 Å². The van der Waals surface area contributed by atoms with Crippen LogP contribution in [0.4, 0.5) is 5.82 Å². The van der Waals surface area contributed by atoms with Gasteiger partial charge in [0.1, 0.15) is 15.8 Å². The van der Waals surface area contributed by atoms with Gasteiger partial charge in [0.2, 0.25) is 0 Å². The fourth-order valence-electron chi connectivity index (χ4n) is 3.48. The van der Waals surface area contributed by atoms with Crippen molar-refractivity contribution in [2.75, 3.05) is 18.5 Å². The maximum atomic E-state index is 13.2. The number of pyridine rings is 1. The molecule has 1 aromatic carbocycles. The zero-order chi connectivity index (χ0) is 22.7. The molecule has 0 radical (unpaired) electrons. The number of hydrogen-bond acceptors (Lipinski definition) is 7. The summed E-state index contributed by atoms with van der Waals surface area (Å²) in [5, 5.41) is 12.2. The molecule has 0 unspecified atom stereocenters. The van der Waals surface area contributed by atoms with E-state index < -0.39 is 0 Å². The Bertz CT molecular complexity index is 1260. The molecule has 1 aliphatic rings. The molecule has 3 aromatic rings. The van der Waals surface area contributed by atoms with E-state index in [4.69, 9.17) is 17.3 Å². The summed E-state index contributed by atoms with van der Waals surface area (Å²) in [6.45, 7) is 2.39. The summed E-state index contributed by atoms with van der Waals surface area (Å²) in [7, 11) is 0. The number of aromatic nitrogens is 2. The minimum absolute atomic E-state index is 0.0188. The topological polar surface area (TPSA) is 86.9 Å². The van der Waals surface area contributed by atoms with Gasteiger partial charge < -0.3 is 10.4 Å². The quantitative estimate of drug-likeness (QED) is 0.313. The van der Waals surface area contributed by atoms with E-state index in [0.29, 0.717) is 33.7 Å². The molecule has 4 rings (SSSR count). The van der Waals surface area contributed by atoms with Crippen LogP contribution in [0.1, 0.15) is 30.5 Å². The summed E-state index contributed by atoms with van der Waals surface area (Å²) >= 11 is 6.68. The van der Waals surface area contributed by atoms with Gasteiger partial charge in [0.15, 0.2) is 0 Å². The Kier molecular flexibility index (Phi) is 6.69. The molecule has 0 aliphatic carbocycles. The number of thiocarbonyl (C=S) groups is 1. The number of amides is 1. The van der Waals surface area contributed by atoms with Crippen LogP contribution in [0.2, 0.25) is 0 Å². The van der Waals surface area contributed by atoms with Gasteiger partial charge in [-0.15, -0.1) is 0 Å². The van der Waals surface area contributed by atoms with Gasteiger partial charge in [-0.2, -0.15) is 0 Å². The van der Waals surface area contributed by atoms with Gasteiger partial charge in [-0.05, 0) is 37.1 Å². The lowest BCUT2D eigenvalue weighted by molar-refractivity contribution is -0.123. The number of fused-ring (bicyclic) bond motifs is 1. The second kappa shape index (κ2) is 9.64. The van der Waals surface area contributed by atoms with Gasteiger partial charge in [-0.3, -0.25) is 18.9 Å². The summed E-state index contributed by atoms with van der Waals surface area (Å²) in [4.78, 5) is 33.0. The van der Waals surface area contributed by atoms with Crippen molar-refractivity contribution >= 4 is 51.7 Å². The summed E-state index contributed by atoms with van der Waals surface area (Å²) < 4.78 is 1.89. The normalized spacial score (nSPS) is 16.2. The molecule has 1 atom stereocenters. The van der Waals surface area contributed by atoms with Crippen molar-refractivity contribution in [2.24, 2.45) is 0 Å². The minimum Gasteiger partial charge on any atom is -0.396 e. The van der Waals surface area contributed by atoms with Gasteiger partial charge >= 0.3 is 0 Å². The van der Waals surface area contributed by atoms with Gasteiger partial charge in [-0.25, -0.2) is 4.98 Å². The van der Waals surface area contributed by atoms with Crippen molar-refractivity contribution in [2.45, 2.75) is 19.4 Å². The lowest BCUT2D eigenvalue weighted by Crippen LogP contribution is -2.31. The number of aliphatic hydroxyl groups excluding tert-OH is 1. The first-order valence-electron chi connectivity index (χ1n) is 10.2. The molecule has 2 N–H and O–H groups in total. The number of aliphatic hydroxyl groups is 1. The van der Waals surface area contributed by atoms with E-state index in [9.17, 15) is 9.59 Å². The van der Waals surface area contributed by atoms with Crippen LogP contribution in [0.25, 0.3) is 11.7 Å². The molecule has 164 valence electrons. The average molecular weight is 467 g/mol.